The molecule has 0 spiro atoms. The topological polar surface area (TPSA) is 132 Å². The Balaban J connectivity index is 1.66. The van der Waals surface area contributed by atoms with Gasteiger partial charge in [-0.3, -0.25) is 0 Å². The zero-order valence-electron chi connectivity index (χ0n) is 19.6. The number of hydrazone groups is 2. The van der Waals surface area contributed by atoms with Gasteiger partial charge < -0.3 is 40.1 Å². The maximum Gasteiger partial charge on any atom is 0.161 e. The highest BCUT2D eigenvalue weighted by atomic mass is 16.6. The van der Waals surface area contributed by atoms with Crippen molar-refractivity contribution in [2.45, 2.75) is 13.8 Å². The summed E-state index contributed by atoms with van der Waals surface area (Å²) in [6.07, 6.45) is 0. The highest BCUT2D eigenvalue weighted by Gasteiger charge is 2.11. The lowest BCUT2D eigenvalue weighted by atomic mass is 10.1. The third kappa shape index (κ3) is 7.26. The van der Waals surface area contributed by atoms with Crippen LogP contribution < -0.4 is 30.6 Å². The molecule has 2 aromatic carbocycles. The molecule has 4 N–H and O–H groups in total. The standard InChI is InChI=1S/C24H32N4O6/c1-17(27-25)19-3-5-21-23(15-19)33-13-9-29-8-12-32-22-6-4-20(18(2)28-26)16-24(22)34-14-10-30-7-11-31-21/h3-6,15-16H,7-14,25-26H2,1-2H3/b27-17+,28-18+. The Morgan fingerprint density at radius 2 is 0.912 bits per heavy atom. The van der Waals surface area contributed by atoms with Crippen molar-refractivity contribution in [2.75, 3.05) is 52.9 Å². The van der Waals surface area contributed by atoms with Gasteiger partial charge in [0.1, 0.15) is 26.4 Å². The quantitative estimate of drug-likeness (QED) is 0.387. The molecule has 0 unspecified atom stereocenters. The van der Waals surface area contributed by atoms with Gasteiger partial charge in [-0.1, -0.05) is 0 Å². The molecular formula is C24H32N4O6. The van der Waals surface area contributed by atoms with Gasteiger partial charge in [0.2, 0.25) is 0 Å². The van der Waals surface area contributed by atoms with Crippen LogP contribution in [0.5, 0.6) is 23.0 Å². The molecule has 0 saturated carbocycles. The first-order chi connectivity index (χ1) is 16.6. The number of rotatable bonds is 2. The average Bonchev–Trinajstić information content (AvgIpc) is 2.87. The van der Waals surface area contributed by atoms with Gasteiger partial charge in [0.15, 0.2) is 23.0 Å². The zero-order chi connectivity index (χ0) is 24.2. The van der Waals surface area contributed by atoms with Gasteiger partial charge in [0.05, 0.1) is 37.9 Å². The fourth-order valence-corrected chi connectivity index (χ4v) is 3.13. The minimum Gasteiger partial charge on any atom is -0.487 e. The number of ether oxygens (including phenoxy) is 6. The van der Waals surface area contributed by atoms with E-state index in [1.807, 2.05) is 50.2 Å². The summed E-state index contributed by atoms with van der Waals surface area (Å²) in [5.41, 5.74) is 3.09. The van der Waals surface area contributed by atoms with Crippen LogP contribution in [0.15, 0.2) is 46.6 Å². The molecule has 34 heavy (non-hydrogen) atoms. The Morgan fingerprint density at radius 1 is 0.559 bits per heavy atom. The first-order valence-corrected chi connectivity index (χ1v) is 11.1. The molecule has 0 amide bonds. The Labute approximate surface area is 199 Å². The molecule has 0 saturated heterocycles. The van der Waals surface area contributed by atoms with Crippen LogP contribution in [0.3, 0.4) is 0 Å². The zero-order valence-corrected chi connectivity index (χ0v) is 19.6. The number of hydrogen-bond acceptors (Lipinski definition) is 10. The van der Waals surface area contributed by atoms with E-state index in [1.54, 1.807) is 0 Å². The van der Waals surface area contributed by atoms with E-state index in [1.165, 1.54) is 0 Å². The first-order valence-electron chi connectivity index (χ1n) is 11.1. The van der Waals surface area contributed by atoms with Crippen molar-refractivity contribution >= 4 is 11.4 Å². The fraction of sp³-hybridized carbons (Fsp3) is 0.417. The molecule has 0 bridgehead atoms. The Bertz CT molecular complexity index is 916. The second kappa shape index (κ2) is 13.3. The maximum atomic E-state index is 5.90. The van der Waals surface area contributed by atoms with Crippen LogP contribution in [-0.2, 0) is 9.47 Å². The van der Waals surface area contributed by atoms with Gasteiger partial charge in [-0.05, 0) is 50.2 Å². The molecule has 2 aromatic rings. The van der Waals surface area contributed by atoms with Crippen molar-refractivity contribution in [2.24, 2.45) is 21.9 Å². The van der Waals surface area contributed by atoms with E-state index in [0.717, 1.165) is 11.1 Å². The van der Waals surface area contributed by atoms with Gasteiger partial charge in [0.25, 0.3) is 0 Å². The lowest BCUT2D eigenvalue weighted by molar-refractivity contribution is 0.0640. The van der Waals surface area contributed by atoms with E-state index >= 15 is 0 Å². The summed E-state index contributed by atoms with van der Waals surface area (Å²) in [5, 5.41) is 7.48. The van der Waals surface area contributed by atoms with Crippen LogP contribution in [0.2, 0.25) is 0 Å². The van der Waals surface area contributed by atoms with Crippen LogP contribution >= 0.6 is 0 Å². The van der Waals surface area contributed by atoms with Crippen LogP contribution in [0.25, 0.3) is 0 Å². The molecule has 1 aliphatic heterocycles. The Morgan fingerprint density at radius 3 is 1.26 bits per heavy atom. The second-order valence-corrected chi connectivity index (χ2v) is 7.37. The van der Waals surface area contributed by atoms with Crippen molar-refractivity contribution < 1.29 is 28.4 Å². The number of nitrogens with zero attached hydrogens (tertiary/aromatic N) is 2. The SMILES string of the molecule is C/C(=N\N)c1ccc2c(c1)OCCOCCOc1ccc(/C(C)=N/N)cc1OCCOCCO2. The minimum absolute atomic E-state index is 0.343. The van der Waals surface area contributed by atoms with Crippen molar-refractivity contribution in [3.63, 3.8) is 0 Å². The van der Waals surface area contributed by atoms with Crippen molar-refractivity contribution in [3.8, 4) is 23.0 Å². The molecule has 10 nitrogen and oxygen atoms in total. The summed E-state index contributed by atoms with van der Waals surface area (Å²) in [4.78, 5) is 0. The van der Waals surface area contributed by atoms with Gasteiger partial charge >= 0.3 is 0 Å². The smallest absolute Gasteiger partial charge is 0.161 e. The number of fused-ring (bicyclic) bond motifs is 2. The predicted molar refractivity (Wildman–Crippen MR) is 129 cm³/mol. The molecule has 1 aliphatic rings. The first kappa shape index (κ1) is 25.1. The molecule has 0 radical (unpaired) electrons. The second-order valence-electron chi connectivity index (χ2n) is 7.37. The summed E-state index contributed by atoms with van der Waals surface area (Å²) in [7, 11) is 0. The summed E-state index contributed by atoms with van der Waals surface area (Å²) >= 11 is 0. The van der Waals surface area contributed by atoms with Gasteiger partial charge in [-0.2, -0.15) is 10.2 Å². The van der Waals surface area contributed by atoms with E-state index in [4.69, 9.17) is 40.1 Å². The lowest BCUT2D eigenvalue weighted by Crippen LogP contribution is -2.16. The van der Waals surface area contributed by atoms with Crippen molar-refractivity contribution in [1.29, 1.82) is 0 Å². The monoisotopic (exact) mass is 472 g/mol. The maximum absolute atomic E-state index is 5.90. The Hall–Kier alpha value is -3.50. The molecule has 0 atom stereocenters. The predicted octanol–water partition coefficient (Wildman–Crippen LogP) is 2.31. The van der Waals surface area contributed by atoms with Crippen LogP contribution in [0.4, 0.5) is 0 Å². The van der Waals surface area contributed by atoms with E-state index in [0.29, 0.717) is 87.3 Å². The van der Waals surface area contributed by atoms with Gasteiger partial charge in [0, 0.05) is 11.1 Å². The van der Waals surface area contributed by atoms with Crippen LogP contribution in [0, 0.1) is 0 Å². The van der Waals surface area contributed by atoms with E-state index < -0.39 is 0 Å². The minimum atomic E-state index is 0.343. The average molecular weight is 473 g/mol. The molecule has 0 fully saturated rings. The highest BCUT2D eigenvalue weighted by Crippen LogP contribution is 2.30. The van der Waals surface area contributed by atoms with E-state index in [2.05, 4.69) is 10.2 Å². The summed E-state index contributed by atoms with van der Waals surface area (Å²) in [6.45, 7) is 6.59. The molecule has 1 heterocycles. The third-order valence-corrected chi connectivity index (χ3v) is 5.05. The summed E-state index contributed by atoms with van der Waals surface area (Å²) < 4.78 is 34.8. The highest BCUT2D eigenvalue weighted by molar-refractivity contribution is 5.99. The molecule has 0 aromatic heterocycles. The summed E-state index contributed by atoms with van der Waals surface area (Å²) in [5.74, 6) is 13.2. The molecule has 10 heteroatoms. The number of benzene rings is 2. The largest absolute Gasteiger partial charge is 0.487 e. The van der Waals surface area contributed by atoms with Gasteiger partial charge in [-0.15, -0.1) is 0 Å². The van der Waals surface area contributed by atoms with Crippen LogP contribution in [0.1, 0.15) is 25.0 Å². The van der Waals surface area contributed by atoms with Crippen molar-refractivity contribution in [3.05, 3.63) is 47.5 Å². The molecular weight excluding hydrogens is 440 g/mol. The molecule has 184 valence electrons. The Kier molecular flexibility index (Phi) is 9.80. The normalized spacial score (nSPS) is 16.9. The van der Waals surface area contributed by atoms with E-state index in [9.17, 15) is 0 Å². The number of hydrogen-bond donors (Lipinski definition) is 2. The van der Waals surface area contributed by atoms with E-state index in [-0.39, 0.29) is 0 Å². The van der Waals surface area contributed by atoms with Gasteiger partial charge in [-0.25, -0.2) is 0 Å². The molecule has 3 rings (SSSR count). The number of nitrogens with two attached hydrogens (primary N) is 2. The molecule has 0 aliphatic carbocycles. The lowest BCUT2D eigenvalue weighted by Gasteiger charge is -2.16. The third-order valence-electron chi connectivity index (χ3n) is 5.05. The van der Waals surface area contributed by atoms with Crippen molar-refractivity contribution in [1.82, 2.24) is 0 Å². The fourth-order valence-electron chi connectivity index (χ4n) is 3.13. The van der Waals surface area contributed by atoms with Crippen LogP contribution in [-0.4, -0.2) is 64.3 Å². The summed E-state index contributed by atoms with van der Waals surface area (Å²) in [6, 6.07) is 11.1.